The van der Waals surface area contributed by atoms with Gasteiger partial charge in [0.05, 0.1) is 0 Å². The van der Waals surface area contributed by atoms with Gasteiger partial charge in [0.15, 0.2) is 0 Å². The smallest absolute Gasteiger partial charge is 0.110 e. The topological polar surface area (TPSA) is 42.7 Å². The molecule has 0 fully saturated rings. The van der Waals surface area contributed by atoms with E-state index in [1.807, 2.05) is 37.9 Å². The Hall–Kier alpha value is -1.68. The third-order valence-electron chi connectivity index (χ3n) is 3.18. The summed E-state index contributed by atoms with van der Waals surface area (Å²) in [5, 5.41) is 3.36. The van der Waals surface area contributed by atoms with Crippen molar-refractivity contribution in [3.8, 4) is 0 Å². The molecule has 0 aliphatic carbocycles. The highest BCUT2D eigenvalue weighted by atomic mass is 15.1. The Bertz CT molecular complexity index is 464. The summed E-state index contributed by atoms with van der Waals surface area (Å²) >= 11 is 0. The third kappa shape index (κ3) is 3.17. The van der Waals surface area contributed by atoms with Crippen LogP contribution in [0.2, 0.25) is 0 Å². The molecule has 2 aromatic heterocycles. The van der Waals surface area contributed by atoms with Crippen molar-refractivity contribution in [1.82, 2.24) is 19.9 Å². The zero-order chi connectivity index (χ0) is 12.8. The standard InChI is InChI=1S/C14H20N4/c1-3-18-8-7-17-14(18)10-13(15-2)9-12-5-4-6-16-11-12/h4-8,11,13,15H,3,9-10H2,1-2H3. The van der Waals surface area contributed by atoms with Gasteiger partial charge < -0.3 is 9.88 Å². The van der Waals surface area contributed by atoms with Gasteiger partial charge in [-0.15, -0.1) is 0 Å². The van der Waals surface area contributed by atoms with Crippen molar-refractivity contribution in [3.63, 3.8) is 0 Å². The minimum absolute atomic E-state index is 0.391. The molecule has 0 bridgehead atoms. The predicted molar refractivity (Wildman–Crippen MR) is 72.4 cm³/mol. The van der Waals surface area contributed by atoms with Crippen LogP contribution in [-0.4, -0.2) is 27.6 Å². The monoisotopic (exact) mass is 244 g/mol. The van der Waals surface area contributed by atoms with E-state index in [4.69, 9.17) is 0 Å². The summed E-state index contributed by atoms with van der Waals surface area (Å²) in [6.07, 6.45) is 9.55. The lowest BCUT2D eigenvalue weighted by molar-refractivity contribution is 0.526. The fourth-order valence-corrected chi connectivity index (χ4v) is 2.12. The van der Waals surface area contributed by atoms with Crippen LogP contribution in [0.1, 0.15) is 18.3 Å². The van der Waals surface area contributed by atoms with Crippen molar-refractivity contribution in [2.75, 3.05) is 7.05 Å². The summed E-state index contributed by atoms with van der Waals surface area (Å²) in [6, 6.07) is 4.49. The second kappa shape index (κ2) is 6.31. The first-order chi connectivity index (χ1) is 8.83. The van der Waals surface area contributed by atoms with E-state index in [0.29, 0.717) is 6.04 Å². The van der Waals surface area contributed by atoms with Gasteiger partial charge in [0, 0.05) is 43.8 Å². The van der Waals surface area contributed by atoms with E-state index in [1.54, 1.807) is 0 Å². The van der Waals surface area contributed by atoms with Gasteiger partial charge in [-0.1, -0.05) is 6.07 Å². The molecule has 2 heterocycles. The number of imidazole rings is 1. The number of nitrogens with zero attached hydrogens (tertiary/aromatic N) is 3. The van der Waals surface area contributed by atoms with Crippen LogP contribution in [0.15, 0.2) is 36.9 Å². The summed E-state index contributed by atoms with van der Waals surface area (Å²) in [6.45, 7) is 3.11. The maximum absolute atomic E-state index is 4.42. The molecule has 2 aromatic rings. The number of aryl methyl sites for hydroxylation is 1. The highest BCUT2D eigenvalue weighted by Crippen LogP contribution is 2.07. The lowest BCUT2D eigenvalue weighted by Gasteiger charge is -2.16. The third-order valence-corrected chi connectivity index (χ3v) is 3.18. The van der Waals surface area contributed by atoms with E-state index in [9.17, 15) is 0 Å². The average molecular weight is 244 g/mol. The molecule has 0 amide bonds. The van der Waals surface area contributed by atoms with Crippen LogP contribution in [0.3, 0.4) is 0 Å². The molecule has 1 N–H and O–H groups in total. The van der Waals surface area contributed by atoms with Gasteiger partial charge in [0.1, 0.15) is 5.82 Å². The van der Waals surface area contributed by atoms with Crippen molar-refractivity contribution in [2.45, 2.75) is 32.4 Å². The molecule has 18 heavy (non-hydrogen) atoms. The summed E-state index contributed by atoms with van der Waals surface area (Å²) in [4.78, 5) is 8.58. The minimum atomic E-state index is 0.391. The molecule has 0 aliphatic heterocycles. The first kappa shape index (κ1) is 12.8. The Kier molecular flexibility index (Phi) is 4.47. The molecule has 4 heteroatoms. The maximum Gasteiger partial charge on any atom is 0.110 e. The lowest BCUT2D eigenvalue weighted by Crippen LogP contribution is -2.31. The average Bonchev–Trinajstić information content (AvgIpc) is 2.86. The van der Waals surface area contributed by atoms with E-state index in [2.05, 4.69) is 32.8 Å². The summed E-state index contributed by atoms with van der Waals surface area (Å²) in [5.41, 5.74) is 1.26. The Morgan fingerprint density at radius 2 is 2.22 bits per heavy atom. The number of hydrogen-bond donors (Lipinski definition) is 1. The predicted octanol–water partition coefficient (Wildman–Crippen LogP) is 1.67. The number of pyridine rings is 1. The molecule has 96 valence electrons. The number of hydrogen-bond acceptors (Lipinski definition) is 3. The van der Waals surface area contributed by atoms with Crippen molar-refractivity contribution >= 4 is 0 Å². The highest BCUT2D eigenvalue weighted by Gasteiger charge is 2.11. The number of likely N-dealkylation sites (N-methyl/N-ethyl adjacent to an activating group) is 1. The van der Waals surface area contributed by atoms with Gasteiger partial charge in [-0.05, 0) is 32.0 Å². The Morgan fingerprint density at radius 1 is 1.33 bits per heavy atom. The van der Waals surface area contributed by atoms with Crippen LogP contribution in [0.25, 0.3) is 0 Å². The molecule has 0 spiro atoms. The molecular formula is C14H20N4. The fourth-order valence-electron chi connectivity index (χ4n) is 2.12. The van der Waals surface area contributed by atoms with E-state index in [0.717, 1.165) is 25.2 Å². The lowest BCUT2D eigenvalue weighted by atomic mass is 10.0. The maximum atomic E-state index is 4.42. The van der Waals surface area contributed by atoms with Crippen LogP contribution in [0.4, 0.5) is 0 Å². The quantitative estimate of drug-likeness (QED) is 0.840. The first-order valence-corrected chi connectivity index (χ1v) is 6.39. The van der Waals surface area contributed by atoms with Crippen LogP contribution in [0, 0.1) is 0 Å². The Labute approximate surface area is 108 Å². The van der Waals surface area contributed by atoms with Gasteiger partial charge in [-0.2, -0.15) is 0 Å². The van der Waals surface area contributed by atoms with Gasteiger partial charge in [-0.25, -0.2) is 4.98 Å². The molecule has 1 unspecified atom stereocenters. The molecule has 0 saturated carbocycles. The molecular weight excluding hydrogens is 224 g/mol. The van der Waals surface area contributed by atoms with Crippen molar-refractivity contribution < 1.29 is 0 Å². The zero-order valence-corrected chi connectivity index (χ0v) is 11.0. The number of nitrogens with one attached hydrogen (secondary N) is 1. The van der Waals surface area contributed by atoms with Gasteiger partial charge in [0.2, 0.25) is 0 Å². The van der Waals surface area contributed by atoms with Crippen molar-refractivity contribution in [3.05, 3.63) is 48.3 Å². The Morgan fingerprint density at radius 3 is 2.89 bits per heavy atom. The summed E-state index contributed by atoms with van der Waals surface area (Å²) in [5.74, 6) is 1.14. The first-order valence-electron chi connectivity index (χ1n) is 6.39. The minimum Gasteiger partial charge on any atom is -0.335 e. The van der Waals surface area contributed by atoms with E-state index in [-0.39, 0.29) is 0 Å². The van der Waals surface area contributed by atoms with Crippen LogP contribution in [-0.2, 0) is 19.4 Å². The second-order valence-electron chi connectivity index (χ2n) is 4.38. The molecule has 0 saturated heterocycles. The van der Waals surface area contributed by atoms with Gasteiger partial charge in [-0.3, -0.25) is 4.98 Å². The summed E-state index contributed by atoms with van der Waals surface area (Å²) in [7, 11) is 2.00. The Balaban J connectivity index is 2.02. The second-order valence-corrected chi connectivity index (χ2v) is 4.38. The largest absolute Gasteiger partial charge is 0.335 e. The molecule has 0 aliphatic rings. The van der Waals surface area contributed by atoms with Gasteiger partial charge in [0.25, 0.3) is 0 Å². The normalized spacial score (nSPS) is 12.6. The fraction of sp³-hybridized carbons (Fsp3) is 0.429. The van der Waals surface area contributed by atoms with Crippen LogP contribution >= 0.6 is 0 Å². The van der Waals surface area contributed by atoms with E-state index in [1.165, 1.54) is 5.56 Å². The van der Waals surface area contributed by atoms with Gasteiger partial charge >= 0.3 is 0 Å². The van der Waals surface area contributed by atoms with Crippen LogP contribution in [0.5, 0.6) is 0 Å². The molecule has 1 atom stereocenters. The summed E-state index contributed by atoms with van der Waals surface area (Å²) < 4.78 is 2.19. The molecule has 4 nitrogen and oxygen atoms in total. The molecule has 0 aromatic carbocycles. The van der Waals surface area contributed by atoms with Crippen molar-refractivity contribution in [2.24, 2.45) is 0 Å². The van der Waals surface area contributed by atoms with E-state index < -0.39 is 0 Å². The zero-order valence-electron chi connectivity index (χ0n) is 11.0. The molecule has 0 radical (unpaired) electrons. The number of rotatable bonds is 6. The molecule has 2 rings (SSSR count). The van der Waals surface area contributed by atoms with E-state index >= 15 is 0 Å². The highest BCUT2D eigenvalue weighted by molar-refractivity contribution is 5.11. The van der Waals surface area contributed by atoms with Crippen molar-refractivity contribution in [1.29, 1.82) is 0 Å². The number of aromatic nitrogens is 3. The van der Waals surface area contributed by atoms with Crippen LogP contribution < -0.4 is 5.32 Å². The SMILES string of the molecule is CCn1ccnc1CC(Cc1cccnc1)NC.